The standard InChI is InChI=1S/C19H21N5O3/c1-12-11-16(13(2)24(12)15-3-7-20-8-4-15)18(25)23-9-5-14(6-10-23)17-21-22-19(26)27-17/h3-4,7-8,11,14H,5-6,9-10H2,1-2H3,(H,22,26). The second-order valence-electron chi connectivity index (χ2n) is 6.84. The molecular weight excluding hydrogens is 346 g/mol. The van der Waals surface area contributed by atoms with Gasteiger partial charge >= 0.3 is 5.76 Å². The fourth-order valence-corrected chi connectivity index (χ4v) is 3.79. The van der Waals surface area contributed by atoms with Crippen molar-refractivity contribution in [2.75, 3.05) is 13.1 Å². The molecule has 1 N–H and O–H groups in total. The van der Waals surface area contributed by atoms with Gasteiger partial charge in [0.1, 0.15) is 0 Å². The average Bonchev–Trinajstić information content (AvgIpc) is 3.25. The highest BCUT2D eigenvalue weighted by atomic mass is 16.4. The number of carbonyl (C=O) groups is 1. The topological polar surface area (TPSA) is 97.0 Å². The Kier molecular flexibility index (Phi) is 4.39. The van der Waals surface area contributed by atoms with Gasteiger partial charge in [-0.15, -0.1) is 5.10 Å². The van der Waals surface area contributed by atoms with Crippen molar-refractivity contribution in [1.29, 1.82) is 0 Å². The van der Waals surface area contributed by atoms with Crippen LogP contribution >= 0.6 is 0 Å². The summed E-state index contributed by atoms with van der Waals surface area (Å²) in [7, 11) is 0. The van der Waals surface area contributed by atoms with E-state index in [2.05, 4.69) is 19.7 Å². The van der Waals surface area contributed by atoms with E-state index in [0.29, 0.717) is 24.5 Å². The molecule has 4 rings (SSSR count). The van der Waals surface area contributed by atoms with Crippen LogP contribution < -0.4 is 5.76 Å². The predicted molar refractivity (Wildman–Crippen MR) is 98.0 cm³/mol. The van der Waals surface area contributed by atoms with E-state index in [9.17, 15) is 9.59 Å². The molecule has 0 aromatic carbocycles. The monoisotopic (exact) mass is 367 g/mol. The Morgan fingerprint density at radius 2 is 1.93 bits per heavy atom. The Morgan fingerprint density at radius 3 is 2.56 bits per heavy atom. The van der Waals surface area contributed by atoms with Crippen LogP contribution in [0, 0.1) is 13.8 Å². The van der Waals surface area contributed by atoms with Crippen molar-refractivity contribution >= 4 is 5.91 Å². The molecule has 3 aromatic heterocycles. The van der Waals surface area contributed by atoms with E-state index < -0.39 is 5.76 Å². The maximum absolute atomic E-state index is 13.1. The van der Waals surface area contributed by atoms with E-state index in [1.54, 1.807) is 12.4 Å². The summed E-state index contributed by atoms with van der Waals surface area (Å²) in [5, 5.41) is 6.21. The number of piperidine rings is 1. The van der Waals surface area contributed by atoms with Gasteiger partial charge in [0, 0.05) is 48.5 Å². The summed E-state index contributed by atoms with van der Waals surface area (Å²) in [6, 6.07) is 5.80. The minimum absolute atomic E-state index is 0.0327. The van der Waals surface area contributed by atoms with Gasteiger partial charge in [0.05, 0.1) is 5.56 Å². The number of nitrogens with zero attached hydrogens (tertiary/aromatic N) is 4. The smallest absolute Gasteiger partial charge is 0.392 e. The predicted octanol–water partition coefficient (Wildman–Crippen LogP) is 2.19. The van der Waals surface area contributed by atoms with Gasteiger partial charge in [-0.05, 0) is 44.9 Å². The molecule has 27 heavy (non-hydrogen) atoms. The Balaban J connectivity index is 1.52. The van der Waals surface area contributed by atoms with Gasteiger partial charge in [0.25, 0.3) is 5.91 Å². The van der Waals surface area contributed by atoms with Crippen LogP contribution in [0.5, 0.6) is 0 Å². The molecule has 1 saturated heterocycles. The number of aromatic nitrogens is 4. The van der Waals surface area contributed by atoms with Crippen molar-refractivity contribution in [3.05, 3.63) is 64.0 Å². The van der Waals surface area contributed by atoms with E-state index in [1.807, 2.05) is 36.9 Å². The van der Waals surface area contributed by atoms with Crippen LogP contribution in [0.1, 0.15) is 46.4 Å². The van der Waals surface area contributed by atoms with E-state index in [0.717, 1.165) is 29.9 Å². The lowest BCUT2D eigenvalue weighted by Crippen LogP contribution is -2.38. The summed E-state index contributed by atoms with van der Waals surface area (Å²) in [4.78, 5) is 30.1. The molecule has 4 heterocycles. The molecule has 0 unspecified atom stereocenters. The zero-order valence-corrected chi connectivity index (χ0v) is 15.3. The first-order chi connectivity index (χ1) is 13.0. The van der Waals surface area contributed by atoms with Crippen LogP contribution in [0.4, 0.5) is 0 Å². The molecule has 0 saturated carbocycles. The van der Waals surface area contributed by atoms with E-state index in [-0.39, 0.29) is 11.8 Å². The third-order valence-corrected chi connectivity index (χ3v) is 5.17. The Labute approximate surface area is 155 Å². The zero-order valence-electron chi connectivity index (χ0n) is 15.3. The van der Waals surface area contributed by atoms with Gasteiger partial charge < -0.3 is 13.9 Å². The van der Waals surface area contributed by atoms with Crippen molar-refractivity contribution in [3.63, 3.8) is 0 Å². The number of hydrogen-bond donors (Lipinski definition) is 1. The van der Waals surface area contributed by atoms with Crippen molar-refractivity contribution in [2.45, 2.75) is 32.6 Å². The summed E-state index contributed by atoms with van der Waals surface area (Å²) in [5.74, 6) is -0.00221. The molecule has 1 aliphatic rings. The van der Waals surface area contributed by atoms with Crippen LogP contribution in [0.3, 0.4) is 0 Å². The summed E-state index contributed by atoms with van der Waals surface area (Å²) in [6.07, 6.45) is 4.94. The third kappa shape index (κ3) is 3.18. The zero-order chi connectivity index (χ0) is 19.0. The molecule has 1 amide bonds. The molecule has 1 aliphatic heterocycles. The lowest BCUT2D eigenvalue weighted by Gasteiger charge is -2.30. The minimum atomic E-state index is -0.535. The second kappa shape index (κ2) is 6.86. The van der Waals surface area contributed by atoms with Crippen molar-refractivity contribution in [3.8, 4) is 5.69 Å². The number of rotatable bonds is 3. The van der Waals surface area contributed by atoms with Crippen LogP contribution in [0.15, 0.2) is 39.8 Å². The molecule has 0 atom stereocenters. The molecule has 1 fully saturated rings. The van der Waals surface area contributed by atoms with E-state index in [1.165, 1.54) is 0 Å². The number of hydrogen-bond acceptors (Lipinski definition) is 5. The minimum Gasteiger partial charge on any atom is -0.392 e. The Morgan fingerprint density at radius 1 is 1.22 bits per heavy atom. The molecular formula is C19H21N5O3. The van der Waals surface area contributed by atoms with E-state index in [4.69, 9.17) is 4.42 Å². The first kappa shape index (κ1) is 17.3. The number of amides is 1. The molecule has 0 radical (unpaired) electrons. The highest BCUT2D eigenvalue weighted by Crippen LogP contribution is 2.28. The van der Waals surface area contributed by atoms with Crippen molar-refractivity contribution in [2.24, 2.45) is 0 Å². The molecule has 0 aliphatic carbocycles. The lowest BCUT2D eigenvalue weighted by atomic mass is 9.96. The molecule has 0 bridgehead atoms. The van der Waals surface area contributed by atoms with Crippen LogP contribution in [0.25, 0.3) is 5.69 Å². The third-order valence-electron chi connectivity index (χ3n) is 5.17. The maximum atomic E-state index is 13.1. The van der Waals surface area contributed by atoms with Gasteiger partial charge in [0.15, 0.2) is 0 Å². The fraction of sp³-hybridized carbons (Fsp3) is 0.368. The quantitative estimate of drug-likeness (QED) is 0.765. The molecule has 0 spiro atoms. The number of H-pyrrole nitrogens is 1. The molecule has 140 valence electrons. The Bertz CT molecular complexity index is 1010. The number of likely N-dealkylation sites (tertiary alicyclic amines) is 1. The number of nitrogens with one attached hydrogen (secondary N) is 1. The summed E-state index contributed by atoms with van der Waals surface area (Å²) in [6.45, 7) is 5.18. The summed E-state index contributed by atoms with van der Waals surface area (Å²) < 4.78 is 7.13. The van der Waals surface area contributed by atoms with E-state index >= 15 is 0 Å². The first-order valence-electron chi connectivity index (χ1n) is 8.98. The SMILES string of the molecule is Cc1cc(C(=O)N2CCC(c3n[nH]c(=O)o3)CC2)c(C)n1-c1ccncc1. The highest BCUT2D eigenvalue weighted by Gasteiger charge is 2.29. The van der Waals surface area contributed by atoms with Gasteiger partial charge in [-0.2, -0.15) is 0 Å². The normalized spacial score (nSPS) is 15.3. The summed E-state index contributed by atoms with van der Waals surface area (Å²) in [5.41, 5.74) is 3.64. The molecule has 3 aromatic rings. The lowest BCUT2D eigenvalue weighted by molar-refractivity contribution is 0.0705. The van der Waals surface area contributed by atoms with Gasteiger partial charge in [0.2, 0.25) is 5.89 Å². The van der Waals surface area contributed by atoms with Crippen molar-refractivity contribution < 1.29 is 9.21 Å². The number of pyridine rings is 1. The second-order valence-corrected chi connectivity index (χ2v) is 6.84. The van der Waals surface area contributed by atoms with Crippen molar-refractivity contribution in [1.82, 2.24) is 24.6 Å². The van der Waals surface area contributed by atoms with Gasteiger partial charge in [-0.25, -0.2) is 9.89 Å². The molecule has 8 nitrogen and oxygen atoms in total. The first-order valence-corrected chi connectivity index (χ1v) is 8.98. The average molecular weight is 367 g/mol. The van der Waals surface area contributed by atoms with Crippen LogP contribution in [-0.4, -0.2) is 43.6 Å². The molecule has 8 heteroatoms. The van der Waals surface area contributed by atoms with Crippen LogP contribution in [0.2, 0.25) is 0 Å². The number of carbonyl (C=O) groups excluding carboxylic acids is 1. The number of aryl methyl sites for hydroxylation is 1. The largest absolute Gasteiger partial charge is 0.434 e. The van der Waals surface area contributed by atoms with Crippen LogP contribution in [-0.2, 0) is 0 Å². The maximum Gasteiger partial charge on any atom is 0.434 e. The summed E-state index contributed by atoms with van der Waals surface area (Å²) >= 11 is 0. The highest BCUT2D eigenvalue weighted by molar-refractivity contribution is 5.96. The fourth-order valence-electron chi connectivity index (χ4n) is 3.79. The Hall–Kier alpha value is -3.16. The number of aromatic amines is 1. The van der Waals surface area contributed by atoms with Gasteiger partial charge in [-0.3, -0.25) is 9.78 Å². The van der Waals surface area contributed by atoms with Gasteiger partial charge in [-0.1, -0.05) is 0 Å².